The minimum atomic E-state index is -0.623. The predicted octanol–water partition coefficient (Wildman–Crippen LogP) is 1.74. The van der Waals surface area contributed by atoms with Crippen molar-refractivity contribution >= 4 is 28.9 Å². The van der Waals surface area contributed by atoms with Crippen molar-refractivity contribution in [3.05, 3.63) is 32.8 Å². The van der Waals surface area contributed by atoms with Crippen LogP contribution in [-0.2, 0) is 4.74 Å². The number of nitro benzene ring substituents is 1. The number of nitro groups is 1. The number of nitrogens with one attached hydrogen (secondary N) is 1. The zero-order valence-corrected chi connectivity index (χ0v) is 11.6. The molecular weight excluding hydrogens is 286 g/mol. The molecule has 8 heteroatoms. The molecule has 1 atom stereocenters. The van der Waals surface area contributed by atoms with E-state index in [1.165, 1.54) is 0 Å². The van der Waals surface area contributed by atoms with Gasteiger partial charge in [0.2, 0.25) is 0 Å². The predicted molar refractivity (Wildman–Crippen MR) is 73.8 cm³/mol. The Bertz CT molecular complexity index is 570. The van der Waals surface area contributed by atoms with Gasteiger partial charge >= 0.3 is 0 Å². The molecule has 0 aliphatic carbocycles. The largest absolute Gasteiger partial charge is 0.397 e. The highest BCUT2D eigenvalue weighted by molar-refractivity contribution is 6.34. The summed E-state index contributed by atoms with van der Waals surface area (Å²) in [6, 6.07) is 2.24. The Morgan fingerprint density at radius 3 is 2.85 bits per heavy atom. The zero-order chi connectivity index (χ0) is 14.9. The number of carbonyl (C=O) groups is 1. The van der Waals surface area contributed by atoms with Crippen molar-refractivity contribution in [2.75, 3.05) is 18.9 Å². The van der Waals surface area contributed by atoms with E-state index in [-0.39, 0.29) is 22.0 Å². The molecule has 0 spiro atoms. The molecule has 0 aromatic heterocycles. The molecule has 0 bridgehead atoms. The van der Waals surface area contributed by atoms with Crippen LogP contribution in [0.25, 0.3) is 0 Å². The monoisotopic (exact) mass is 299 g/mol. The molecule has 20 heavy (non-hydrogen) atoms. The van der Waals surface area contributed by atoms with Gasteiger partial charge in [0.15, 0.2) is 0 Å². The Kier molecular flexibility index (Phi) is 3.82. The van der Waals surface area contributed by atoms with Crippen LogP contribution in [0.4, 0.5) is 11.4 Å². The van der Waals surface area contributed by atoms with E-state index in [0.29, 0.717) is 19.6 Å². The molecule has 0 radical (unpaired) electrons. The second-order valence-electron chi connectivity index (χ2n) is 4.96. The van der Waals surface area contributed by atoms with Crippen LogP contribution in [0.15, 0.2) is 12.1 Å². The lowest BCUT2D eigenvalue weighted by atomic mass is 10.0. The van der Waals surface area contributed by atoms with Crippen molar-refractivity contribution in [2.24, 2.45) is 0 Å². The lowest BCUT2D eigenvalue weighted by molar-refractivity contribution is -0.384. The third-order valence-corrected chi connectivity index (χ3v) is 3.52. The van der Waals surface area contributed by atoms with Gasteiger partial charge in [0.1, 0.15) is 0 Å². The number of carbonyl (C=O) groups excluding carboxylic acids is 1. The molecule has 1 aliphatic rings. The van der Waals surface area contributed by atoms with E-state index in [0.717, 1.165) is 12.1 Å². The molecule has 1 fully saturated rings. The third kappa shape index (κ3) is 2.83. The molecule has 2 rings (SSSR count). The summed E-state index contributed by atoms with van der Waals surface area (Å²) in [5.74, 6) is -0.499. The molecule has 7 nitrogen and oxygen atoms in total. The van der Waals surface area contributed by atoms with E-state index >= 15 is 0 Å². The number of hydrogen-bond acceptors (Lipinski definition) is 5. The topological polar surface area (TPSA) is 107 Å². The van der Waals surface area contributed by atoms with Crippen LogP contribution in [0, 0.1) is 10.1 Å². The molecule has 3 N–H and O–H groups in total. The number of benzene rings is 1. The van der Waals surface area contributed by atoms with Crippen molar-refractivity contribution in [2.45, 2.75) is 18.9 Å². The Balaban J connectivity index is 2.31. The number of nitrogens with two attached hydrogens (primary N) is 1. The first-order valence-corrected chi connectivity index (χ1v) is 6.34. The molecule has 1 aliphatic heterocycles. The number of halogens is 1. The van der Waals surface area contributed by atoms with Crippen molar-refractivity contribution in [1.82, 2.24) is 5.32 Å². The maximum atomic E-state index is 12.2. The number of amides is 1. The van der Waals surface area contributed by atoms with Crippen LogP contribution in [0.3, 0.4) is 0 Å². The Morgan fingerprint density at radius 2 is 2.30 bits per heavy atom. The maximum absolute atomic E-state index is 12.2. The van der Waals surface area contributed by atoms with Crippen molar-refractivity contribution < 1.29 is 14.5 Å². The van der Waals surface area contributed by atoms with E-state index in [4.69, 9.17) is 22.1 Å². The summed E-state index contributed by atoms with van der Waals surface area (Å²) in [4.78, 5) is 22.4. The van der Waals surface area contributed by atoms with Gasteiger partial charge < -0.3 is 15.8 Å². The number of non-ortho nitro benzene ring substituents is 1. The molecule has 1 saturated heterocycles. The summed E-state index contributed by atoms with van der Waals surface area (Å²) in [6.45, 7) is 2.79. The highest BCUT2D eigenvalue weighted by Gasteiger charge is 2.32. The number of nitrogens with zero attached hydrogens (tertiary/aromatic N) is 1. The lowest BCUT2D eigenvalue weighted by Crippen LogP contribution is -2.46. The summed E-state index contributed by atoms with van der Waals surface area (Å²) in [6.07, 6.45) is 0.668. The van der Waals surface area contributed by atoms with Crippen LogP contribution >= 0.6 is 11.6 Å². The number of ether oxygens (including phenoxy) is 1. The molecule has 1 aromatic rings. The summed E-state index contributed by atoms with van der Waals surface area (Å²) in [5.41, 5.74) is 4.97. The molecular formula is C12H14ClN3O4. The molecule has 1 heterocycles. The quantitative estimate of drug-likeness (QED) is 0.502. The summed E-state index contributed by atoms with van der Waals surface area (Å²) < 4.78 is 5.23. The van der Waals surface area contributed by atoms with E-state index in [1.807, 2.05) is 6.92 Å². The highest BCUT2D eigenvalue weighted by Crippen LogP contribution is 2.29. The van der Waals surface area contributed by atoms with Crippen LogP contribution < -0.4 is 11.1 Å². The minimum Gasteiger partial charge on any atom is -0.397 e. The van der Waals surface area contributed by atoms with Crippen molar-refractivity contribution in [1.29, 1.82) is 0 Å². The SMILES string of the molecule is CC1(NC(=O)c2cc([N+](=O)[O-])cc(Cl)c2N)CCOC1. The van der Waals surface area contributed by atoms with E-state index in [2.05, 4.69) is 5.32 Å². The fraction of sp³-hybridized carbons (Fsp3) is 0.417. The van der Waals surface area contributed by atoms with Crippen LogP contribution in [0.1, 0.15) is 23.7 Å². The number of nitrogen functional groups attached to an aromatic ring is 1. The van der Waals surface area contributed by atoms with Gasteiger partial charge in [-0.05, 0) is 13.3 Å². The van der Waals surface area contributed by atoms with Gasteiger partial charge in [-0.3, -0.25) is 14.9 Å². The normalized spacial score (nSPS) is 21.7. The maximum Gasteiger partial charge on any atom is 0.271 e. The van der Waals surface area contributed by atoms with Crippen LogP contribution in [0.2, 0.25) is 5.02 Å². The summed E-state index contributed by atoms with van der Waals surface area (Å²) in [7, 11) is 0. The summed E-state index contributed by atoms with van der Waals surface area (Å²) >= 11 is 5.82. The first kappa shape index (κ1) is 14.5. The van der Waals surface area contributed by atoms with Gasteiger partial charge in [-0.2, -0.15) is 0 Å². The van der Waals surface area contributed by atoms with Gasteiger partial charge in [-0.1, -0.05) is 11.6 Å². The fourth-order valence-electron chi connectivity index (χ4n) is 2.00. The number of hydrogen-bond donors (Lipinski definition) is 2. The molecule has 1 amide bonds. The van der Waals surface area contributed by atoms with Gasteiger partial charge in [-0.25, -0.2) is 0 Å². The van der Waals surface area contributed by atoms with E-state index in [1.54, 1.807) is 0 Å². The van der Waals surface area contributed by atoms with Crippen molar-refractivity contribution in [3.8, 4) is 0 Å². The van der Waals surface area contributed by atoms with Crippen LogP contribution in [-0.4, -0.2) is 29.6 Å². The average Bonchev–Trinajstić information content (AvgIpc) is 2.78. The van der Waals surface area contributed by atoms with Crippen molar-refractivity contribution in [3.63, 3.8) is 0 Å². The third-order valence-electron chi connectivity index (χ3n) is 3.20. The van der Waals surface area contributed by atoms with Gasteiger partial charge in [0, 0.05) is 18.7 Å². The molecule has 108 valence electrons. The van der Waals surface area contributed by atoms with Gasteiger partial charge in [0.25, 0.3) is 11.6 Å². The molecule has 1 unspecified atom stereocenters. The summed E-state index contributed by atoms with van der Waals surface area (Å²) in [5, 5.41) is 13.6. The lowest BCUT2D eigenvalue weighted by Gasteiger charge is -2.23. The van der Waals surface area contributed by atoms with Gasteiger partial charge in [-0.15, -0.1) is 0 Å². The number of anilines is 1. The standard InChI is InChI=1S/C12H14ClN3O4/c1-12(2-3-20-6-12)15-11(17)8-4-7(16(18)19)5-9(13)10(8)14/h4-5H,2-3,6,14H2,1H3,(H,15,17). The average molecular weight is 300 g/mol. The van der Waals surface area contributed by atoms with Crippen LogP contribution in [0.5, 0.6) is 0 Å². The second-order valence-corrected chi connectivity index (χ2v) is 5.37. The zero-order valence-electron chi connectivity index (χ0n) is 10.8. The smallest absolute Gasteiger partial charge is 0.271 e. The molecule has 1 aromatic carbocycles. The van der Waals surface area contributed by atoms with E-state index < -0.39 is 16.4 Å². The Labute approximate surface area is 120 Å². The van der Waals surface area contributed by atoms with E-state index in [9.17, 15) is 14.9 Å². The fourth-order valence-corrected chi connectivity index (χ4v) is 2.22. The number of rotatable bonds is 3. The minimum absolute atomic E-state index is 0.00248. The Hall–Kier alpha value is -1.86. The first-order chi connectivity index (χ1) is 9.32. The van der Waals surface area contributed by atoms with Gasteiger partial charge in [0.05, 0.1) is 33.3 Å². The second kappa shape index (κ2) is 5.26. The first-order valence-electron chi connectivity index (χ1n) is 5.96. The Morgan fingerprint density at radius 1 is 1.60 bits per heavy atom. The highest BCUT2D eigenvalue weighted by atomic mass is 35.5. The molecule has 0 saturated carbocycles.